The maximum absolute atomic E-state index is 11.6. The van der Waals surface area contributed by atoms with Crippen LogP contribution < -0.4 is 5.43 Å². The van der Waals surface area contributed by atoms with E-state index in [0.29, 0.717) is 5.69 Å². The molecule has 6 nitrogen and oxygen atoms in total. The normalized spacial score (nSPS) is 8.89. The Morgan fingerprint density at radius 3 is 2.58 bits per heavy atom. The molecule has 1 N–H and O–H groups in total. The molecule has 0 saturated carbocycles. The molecule has 0 amide bonds. The van der Waals surface area contributed by atoms with Crippen LogP contribution in [0.15, 0.2) is 21.7 Å². The van der Waals surface area contributed by atoms with Gasteiger partial charge in [-0.15, -0.1) is 0 Å². The SMILES string of the molecule is COC(=O)c1cc(Br)c(C)cc1NN=C(C#N)C#N. The fraction of sp³-hybridized carbons (Fsp3) is 0.167. The first kappa shape index (κ1) is 14.7. The zero-order valence-corrected chi connectivity index (χ0v) is 11.8. The van der Waals surface area contributed by atoms with Crippen LogP contribution in [0.3, 0.4) is 0 Å². The zero-order chi connectivity index (χ0) is 14.4. The summed E-state index contributed by atoms with van der Waals surface area (Å²) in [6, 6.07) is 6.46. The van der Waals surface area contributed by atoms with Crippen molar-refractivity contribution in [2.75, 3.05) is 12.5 Å². The van der Waals surface area contributed by atoms with Gasteiger partial charge in [0.2, 0.25) is 5.71 Å². The van der Waals surface area contributed by atoms with Crippen LogP contribution >= 0.6 is 15.9 Å². The molecule has 0 fully saturated rings. The lowest BCUT2D eigenvalue weighted by Gasteiger charge is -2.09. The van der Waals surface area contributed by atoms with Gasteiger partial charge in [0.25, 0.3) is 0 Å². The summed E-state index contributed by atoms with van der Waals surface area (Å²) in [6.45, 7) is 1.83. The molecule has 96 valence electrons. The van der Waals surface area contributed by atoms with Gasteiger partial charge in [0.05, 0.1) is 18.4 Å². The zero-order valence-electron chi connectivity index (χ0n) is 10.2. The molecule has 0 aromatic heterocycles. The highest BCUT2D eigenvalue weighted by molar-refractivity contribution is 9.10. The summed E-state index contributed by atoms with van der Waals surface area (Å²) >= 11 is 3.31. The number of rotatable bonds is 3. The number of hydrazone groups is 1. The Kier molecular flexibility index (Phi) is 5.04. The fourth-order valence-corrected chi connectivity index (χ4v) is 1.59. The number of methoxy groups -OCH3 is 1. The molecule has 0 bridgehead atoms. The average molecular weight is 321 g/mol. The Labute approximate surface area is 118 Å². The number of hydrogen-bond donors (Lipinski definition) is 1. The van der Waals surface area contributed by atoms with E-state index in [1.54, 1.807) is 24.3 Å². The van der Waals surface area contributed by atoms with Crippen LogP contribution in [0.2, 0.25) is 0 Å². The second-order valence-electron chi connectivity index (χ2n) is 3.43. The first-order chi connectivity index (χ1) is 9.03. The standard InChI is InChI=1S/C12H9BrN4O2/c1-7-3-11(17-16-8(5-14)6-15)9(4-10(7)13)12(18)19-2/h3-4,17H,1-2H3. The quantitative estimate of drug-likeness (QED) is 0.523. The van der Waals surface area contributed by atoms with Crippen LogP contribution in [0.25, 0.3) is 0 Å². The van der Waals surface area contributed by atoms with E-state index in [9.17, 15) is 4.79 Å². The number of esters is 1. The predicted octanol–water partition coefficient (Wildman–Crippen LogP) is 2.36. The molecule has 0 radical (unpaired) electrons. The Balaban J connectivity index is 3.23. The Morgan fingerprint density at radius 2 is 2.05 bits per heavy atom. The first-order valence-electron chi connectivity index (χ1n) is 5.05. The van der Waals surface area contributed by atoms with Gasteiger partial charge < -0.3 is 4.74 Å². The summed E-state index contributed by atoms with van der Waals surface area (Å²) in [6.07, 6.45) is 0. The molecule has 0 aliphatic rings. The second-order valence-corrected chi connectivity index (χ2v) is 4.29. The Morgan fingerprint density at radius 1 is 1.42 bits per heavy atom. The first-order valence-corrected chi connectivity index (χ1v) is 5.85. The van der Waals surface area contributed by atoms with Gasteiger partial charge in [-0.05, 0) is 24.6 Å². The van der Waals surface area contributed by atoms with E-state index in [-0.39, 0.29) is 11.3 Å². The molecule has 0 unspecified atom stereocenters. The van der Waals surface area contributed by atoms with Crippen molar-refractivity contribution in [3.63, 3.8) is 0 Å². The molecule has 0 aliphatic carbocycles. The molecular formula is C12H9BrN4O2. The molecule has 7 heteroatoms. The van der Waals surface area contributed by atoms with Gasteiger partial charge in [-0.2, -0.15) is 15.6 Å². The molecule has 0 spiro atoms. The highest BCUT2D eigenvalue weighted by Gasteiger charge is 2.14. The van der Waals surface area contributed by atoms with Crippen LogP contribution in [-0.4, -0.2) is 18.8 Å². The maximum atomic E-state index is 11.6. The highest BCUT2D eigenvalue weighted by Crippen LogP contribution is 2.26. The monoisotopic (exact) mass is 320 g/mol. The van der Waals surface area contributed by atoms with Crippen LogP contribution in [0.5, 0.6) is 0 Å². The summed E-state index contributed by atoms with van der Waals surface area (Å²) < 4.78 is 5.39. The van der Waals surface area contributed by atoms with Crippen molar-refractivity contribution in [1.29, 1.82) is 10.5 Å². The molecule has 0 heterocycles. The smallest absolute Gasteiger partial charge is 0.340 e. The molecule has 1 rings (SSSR count). The van der Waals surface area contributed by atoms with Gasteiger partial charge in [-0.25, -0.2) is 4.79 Å². The van der Waals surface area contributed by atoms with Crippen LogP contribution in [0, 0.1) is 29.6 Å². The topological polar surface area (TPSA) is 98.3 Å². The Hall–Kier alpha value is -2.38. The summed E-state index contributed by atoms with van der Waals surface area (Å²) in [5.41, 5.74) is 3.65. The molecule has 0 aliphatic heterocycles. The summed E-state index contributed by atoms with van der Waals surface area (Å²) in [7, 11) is 1.26. The maximum Gasteiger partial charge on any atom is 0.340 e. The number of aryl methyl sites for hydroxylation is 1. The van der Waals surface area contributed by atoms with Gasteiger partial charge in [-0.1, -0.05) is 15.9 Å². The third kappa shape index (κ3) is 3.54. The molecule has 0 saturated heterocycles. The number of anilines is 1. The number of nitrogens with zero attached hydrogens (tertiary/aromatic N) is 3. The van der Waals surface area contributed by atoms with Gasteiger partial charge in [0.15, 0.2) is 0 Å². The van der Waals surface area contributed by atoms with Crippen LogP contribution in [-0.2, 0) is 4.74 Å². The van der Waals surface area contributed by atoms with Gasteiger partial charge in [-0.3, -0.25) is 5.43 Å². The number of nitrogens with one attached hydrogen (secondary N) is 1. The molecule has 0 atom stereocenters. The number of carbonyl (C=O) groups excluding carboxylic acids is 1. The Bertz CT molecular complexity index is 610. The lowest BCUT2D eigenvalue weighted by Crippen LogP contribution is -2.07. The van der Waals surface area contributed by atoms with E-state index in [1.807, 2.05) is 6.92 Å². The number of nitriles is 2. The summed E-state index contributed by atoms with van der Waals surface area (Å²) in [5.74, 6) is -0.547. The van der Waals surface area contributed by atoms with E-state index >= 15 is 0 Å². The van der Waals surface area contributed by atoms with Gasteiger partial charge in [0.1, 0.15) is 12.1 Å². The minimum absolute atomic E-state index is 0.249. The van der Waals surface area contributed by atoms with Crippen molar-refractivity contribution in [2.45, 2.75) is 6.92 Å². The molecule has 1 aromatic rings. The predicted molar refractivity (Wildman–Crippen MR) is 72.5 cm³/mol. The van der Waals surface area contributed by atoms with E-state index in [4.69, 9.17) is 10.5 Å². The number of carbonyl (C=O) groups is 1. The van der Waals surface area contributed by atoms with Crippen molar-refractivity contribution in [1.82, 2.24) is 0 Å². The molecule has 19 heavy (non-hydrogen) atoms. The van der Waals surface area contributed by atoms with Crippen molar-refractivity contribution >= 4 is 33.3 Å². The van der Waals surface area contributed by atoms with E-state index in [2.05, 4.69) is 31.2 Å². The summed E-state index contributed by atoms with van der Waals surface area (Å²) in [4.78, 5) is 11.6. The van der Waals surface area contributed by atoms with Crippen molar-refractivity contribution in [3.8, 4) is 12.1 Å². The van der Waals surface area contributed by atoms with E-state index in [1.165, 1.54) is 7.11 Å². The minimum Gasteiger partial charge on any atom is -0.465 e. The number of hydrogen-bond acceptors (Lipinski definition) is 6. The number of halogens is 1. The van der Waals surface area contributed by atoms with Gasteiger partial charge in [0, 0.05) is 4.47 Å². The molecule has 1 aromatic carbocycles. The van der Waals surface area contributed by atoms with E-state index in [0.717, 1.165) is 10.0 Å². The van der Waals surface area contributed by atoms with Crippen molar-refractivity contribution in [3.05, 3.63) is 27.7 Å². The third-order valence-electron chi connectivity index (χ3n) is 2.20. The lowest BCUT2D eigenvalue weighted by atomic mass is 10.1. The average Bonchev–Trinajstić information content (AvgIpc) is 2.42. The van der Waals surface area contributed by atoms with Crippen molar-refractivity contribution in [2.24, 2.45) is 5.10 Å². The fourth-order valence-electron chi connectivity index (χ4n) is 1.24. The van der Waals surface area contributed by atoms with Crippen molar-refractivity contribution < 1.29 is 9.53 Å². The minimum atomic E-state index is -0.547. The highest BCUT2D eigenvalue weighted by atomic mass is 79.9. The largest absolute Gasteiger partial charge is 0.465 e. The van der Waals surface area contributed by atoms with Crippen LogP contribution in [0.4, 0.5) is 5.69 Å². The third-order valence-corrected chi connectivity index (χ3v) is 3.06. The summed E-state index contributed by atoms with van der Waals surface area (Å²) in [5, 5.41) is 20.8. The van der Waals surface area contributed by atoms with Crippen LogP contribution in [0.1, 0.15) is 15.9 Å². The number of benzene rings is 1. The second kappa shape index (κ2) is 6.53. The van der Waals surface area contributed by atoms with Gasteiger partial charge >= 0.3 is 5.97 Å². The van der Waals surface area contributed by atoms with E-state index < -0.39 is 5.97 Å². The number of ether oxygens (including phenoxy) is 1. The molecular weight excluding hydrogens is 312 g/mol. The lowest BCUT2D eigenvalue weighted by molar-refractivity contribution is 0.0601.